The Hall–Kier alpha value is -2.16. The molecule has 0 bridgehead atoms. The Labute approximate surface area is 183 Å². The largest absolute Gasteiger partial charge is 0.444 e. The molecule has 1 aromatic heterocycles. The molecule has 1 aromatic carbocycles. The zero-order chi connectivity index (χ0) is 22.1. The molecule has 2 heterocycles. The number of benzene rings is 1. The highest BCUT2D eigenvalue weighted by Gasteiger charge is 2.16. The van der Waals surface area contributed by atoms with E-state index in [-0.39, 0.29) is 6.54 Å². The fourth-order valence-corrected chi connectivity index (χ4v) is 3.90. The minimum Gasteiger partial charge on any atom is -0.444 e. The fraction of sp³-hybridized carbons (Fsp3) is 0.500. The van der Waals surface area contributed by atoms with E-state index in [4.69, 9.17) is 4.74 Å². The van der Waals surface area contributed by atoms with E-state index in [0.29, 0.717) is 6.29 Å². The number of piperazine rings is 1. The number of aryl methyl sites for hydroxylation is 1. The number of amides is 1. The van der Waals surface area contributed by atoms with E-state index in [9.17, 15) is 9.59 Å². The van der Waals surface area contributed by atoms with Crippen LogP contribution in [0.25, 0.3) is 10.8 Å². The van der Waals surface area contributed by atoms with Gasteiger partial charge in [-0.1, -0.05) is 12.1 Å². The highest BCUT2D eigenvalue weighted by molar-refractivity contribution is 7.97. The average molecular weight is 433 g/mol. The van der Waals surface area contributed by atoms with Gasteiger partial charge in [-0.25, -0.2) is 9.10 Å². The molecule has 1 aliphatic heterocycles. The molecule has 1 saturated heterocycles. The number of fused-ring (bicyclic) bond motifs is 1. The first-order valence-corrected chi connectivity index (χ1v) is 10.8. The van der Waals surface area contributed by atoms with Crippen molar-refractivity contribution < 1.29 is 14.3 Å². The quantitative estimate of drug-likeness (QED) is 0.585. The normalized spacial score (nSPS) is 15.2. The number of alkyl carbamates (subject to hydrolysis) is 1. The van der Waals surface area contributed by atoms with Crippen LogP contribution in [0, 0.1) is 6.92 Å². The highest BCUT2D eigenvalue weighted by Crippen LogP contribution is 2.31. The van der Waals surface area contributed by atoms with Crippen LogP contribution in [0.5, 0.6) is 0 Å². The smallest absolute Gasteiger partial charge is 0.408 e. The van der Waals surface area contributed by atoms with Crippen LogP contribution in [0.1, 0.15) is 26.5 Å². The van der Waals surface area contributed by atoms with Gasteiger partial charge in [-0.3, -0.25) is 4.98 Å². The van der Waals surface area contributed by atoms with Crippen molar-refractivity contribution in [3.05, 3.63) is 36.2 Å². The van der Waals surface area contributed by atoms with E-state index in [1.807, 2.05) is 18.1 Å². The topological polar surface area (TPSA) is 74.8 Å². The first-order chi connectivity index (χ1) is 14.2. The van der Waals surface area contributed by atoms with Crippen molar-refractivity contribution >= 4 is 35.1 Å². The molecule has 2 aromatic rings. The molecule has 3 rings (SSSR count). The number of aromatic nitrogens is 1. The van der Waals surface area contributed by atoms with Crippen LogP contribution >= 0.6 is 11.9 Å². The number of ether oxygens (including phenoxy) is 1. The first-order valence-electron chi connectivity index (χ1n) is 10.1. The lowest BCUT2D eigenvalue weighted by Gasteiger charge is -2.31. The van der Waals surface area contributed by atoms with Crippen molar-refractivity contribution in [2.24, 2.45) is 0 Å². The van der Waals surface area contributed by atoms with Gasteiger partial charge in [0.15, 0.2) is 0 Å². The van der Waals surface area contributed by atoms with E-state index < -0.39 is 11.7 Å². The van der Waals surface area contributed by atoms with Crippen molar-refractivity contribution in [3.63, 3.8) is 0 Å². The van der Waals surface area contributed by atoms with E-state index in [1.165, 1.54) is 15.7 Å². The number of rotatable bonds is 4. The van der Waals surface area contributed by atoms with Crippen molar-refractivity contribution in [2.75, 3.05) is 39.8 Å². The molecule has 0 atom stereocenters. The molecule has 0 spiro atoms. The summed E-state index contributed by atoms with van der Waals surface area (Å²) < 4.78 is 7.29. The molecular formula is C22H32N4O3S. The van der Waals surface area contributed by atoms with Crippen LogP contribution in [0.15, 0.2) is 35.4 Å². The number of nitrogens with zero attached hydrogens (tertiary/aromatic N) is 3. The van der Waals surface area contributed by atoms with E-state index in [2.05, 4.69) is 57.7 Å². The lowest BCUT2D eigenvalue weighted by molar-refractivity contribution is -0.107. The Balaban J connectivity index is 0.000000252. The van der Waals surface area contributed by atoms with Gasteiger partial charge >= 0.3 is 6.09 Å². The lowest BCUT2D eigenvalue weighted by atomic mass is 10.1. The highest BCUT2D eigenvalue weighted by atomic mass is 32.2. The molecule has 164 valence electrons. The van der Waals surface area contributed by atoms with Gasteiger partial charge in [-0.15, -0.1) is 0 Å². The van der Waals surface area contributed by atoms with E-state index in [1.54, 1.807) is 20.8 Å². The Morgan fingerprint density at radius 3 is 2.53 bits per heavy atom. The van der Waals surface area contributed by atoms with E-state index in [0.717, 1.165) is 31.9 Å². The number of carbonyl (C=O) groups is 2. The molecule has 0 aliphatic carbocycles. The molecule has 7 nitrogen and oxygen atoms in total. The SMILES string of the molecule is CC(C)(C)OC(=O)NCC=O.Cc1nccc2c(SN3CCN(C)CC3)cccc12. The monoisotopic (exact) mass is 432 g/mol. The number of hydrogen-bond donors (Lipinski definition) is 1. The maximum Gasteiger partial charge on any atom is 0.408 e. The molecule has 8 heteroatoms. The van der Waals surface area contributed by atoms with Gasteiger partial charge in [0.05, 0.1) is 6.54 Å². The molecule has 30 heavy (non-hydrogen) atoms. The summed E-state index contributed by atoms with van der Waals surface area (Å²) >= 11 is 1.88. The Morgan fingerprint density at radius 2 is 1.90 bits per heavy atom. The van der Waals surface area contributed by atoms with Gasteiger partial charge in [-0.2, -0.15) is 0 Å². The molecule has 0 unspecified atom stereocenters. The van der Waals surface area contributed by atoms with Crippen molar-refractivity contribution in [1.82, 2.24) is 19.5 Å². The van der Waals surface area contributed by atoms with Crippen LogP contribution in [-0.2, 0) is 9.53 Å². The number of hydrogen-bond acceptors (Lipinski definition) is 7. The molecule has 1 fully saturated rings. The van der Waals surface area contributed by atoms with Gasteiger partial charge in [-0.05, 0) is 64.2 Å². The number of carbonyl (C=O) groups excluding carboxylic acids is 2. The van der Waals surface area contributed by atoms with Crippen molar-refractivity contribution in [1.29, 1.82) is 0 Å². The maximum absolute atomic E-state index is 10.7. The number of pyridine rings is 1. The van der Waals surface area contributed by atoms with Gasteiger partial charge in [0.1, 0.15) is 11.9 Å². The first kappa shape index (κ1) is 24.1. The number of likely N-dealkylation sites (N-methyl/N-ethyl adjacent to an activating group) is 1. The summed E-state index contributed by atoms with van der Waals surface area (Å²) in [5.41, 5.74) is 0.603. The summed E-state index contributed by atoms with van der Waals surface area (Å²) in [6, 6.07) is 8.63. The summed E-state index contributed by atoms with van der Waals surface area (Å²) in [7, 11) is 2.19. The Kier molecular flexibility index (Phi) is 9.08. The lowest BCUT2D eigenvalue weighted by Crippen LogP contribution is -2.40. The average Bonchev–Trinajstić information content (AvgIpc) is 2.68. The second-order valence-corrected chi connectivity index (χ2v) is 9.26. The third-order valence-electron chi connectivity index (χ3n) is 4.38. The predicted molar refractivity (Wildman–Crippen MR) is 122 cm³/mol. The molecule has 1 aliphatic rings. The summed E-state index contributed by atoms with van der Waals surface area (Å²) in [5, 5.41) is 4.84. The van der Waals surface area contributed by atoms with Crippen molar-refractivity contribution in [3.8, 4) is 0 Å². The molecule has 0 radical (unpaired) electrons. The second kappa shape index (κ2) is 11.3. The molecule has 1 N–H and O–H groups in total. The Morgan fingerprint density at radius 1 is 1.20 bits per heavy atom. The molecule has 1 amide bonds. The number of aldehydes is 1. The van der Waals surface area contributed by atoms with E-state index >= 15 is 0 Å². The third kappa shape index (κ3) is 7.93. The van der Waals surface area contributed by atoms with Gasteiger partial charge in [0.2, 0.25) is 0 Å². The predicted octanol–water partition coefficient (Wildman–Crippen LogP) is 3.51. The minimum atomic E-state index is -0.565. The standard InChI is InChI=1S/C15H19N3S.C7H13NO3/c1-12-13-4-3-5-15(14(13)6-7-16-12)19-18-10-8-17(2)9-11-18;1-7(2,3)11-6(10)8-4-5-9/h3-7H,8-11H2,1-2H3;5H,4H2,1-3H3,(H,8,10). The minimum absolute atomic E-state index is 0.00505. The summed E-state index contributed by atoms with van der Waals surface area (Å²) in [6.07, 6.45) is 1.94. The van der Waals surface area contributed by atoms with Crippen LogP contribution in [0.3, 0.4) is 0 Å². The summed E-state index contributed by atoms with van der Waals surface area (Å²) in [6.45, 7) is 11.9. The zero-order valence-electron chi connectivity index (χ0n) is 18.5. The maximum atomic E-state index is 10.7. The Bertz CT molecular complexity index is 846. The van der Waals surface area contributed by atoms with Crippen LogP contribution in [0.2, 0.25) is 0 Å². The van der Waals surface area contributed by atoms with Gasteiger partial charge < -0.3 is 19.7 Å². The summed E-state index contributed by atoms with van der Waals surface area (Å²) in [4.78, 5) is 28.6. The van der Waals surface area contributed by atoms with Gasteiger partial charge in [0, 0.05) is 48.4 Å². The van der Waals surface area contributed by atoms with Crippen LogP contribution < -0.4 is 5.32 Å². The molecule has 0 saturated carbocycles. The van der Waals surface area contributed by atoms with Crippen LogP contribution in [0.4, 0.5) is 4.79 Å². The number of nitrogens with one attached hydrogen (secondary N) is 1. The third-order valence-corrected chi connectivity index (χ3v) is 5.56. The fourth-order valence-electron chi connectivity index (χ4n) is 2.86. The summed E-state index contributed by atoms with van der Waals surface area (Å²) in [5.74, 6) is 0. The van der Waals surface area contributed by atoms with Gasteiger partial charge in [0.25, 0.3) is 0 Å². The zero-order valence-corrected chi connectivity index (χ0v) is 19.3. The van der Waals surface area contributed by atoms with Crippen LogP contribution in [-0.4, -0.2) is 71.9 Å². The van der Waals surface area contributed by atoms with Crippen molar-refractivity contribution in [2.45, 2.75) is 38.2 Å². The second-order valence-electron chi connectivity index (χ2n) is 8.12. The molecular weight excluding hydrogens is 400 g/mol.